The predicted molar refractivity (Wildman–Crippen MR) is 86.3 cm³/mol. The van der Waals surface area contributed by atoms with Crippen molar-refractivity contribution in [2.45, 2.75) is 52.7 Å². The summed E-state index contributed by atoms with van der Waals surface area (Å²) in [7, 11) is 0. The molecule has 4 heteroatoms. The van der Waals surface area contributed by atoms with Gasteiger partial charge in [-0.25, -0.2) is 0 Å². The molecule has 0 aromatic heterocycles. The highest BCUT2D eigenvalue weighted by Crippen LogP contribution is 2.08. The van der Waals surface area contributed by atoms with E-state index in [1.54, 1.807) is 0 Å². The van der Waals surface area contributed by atoms with Crippen molar-refractivity contribution in [2.24, 2.45) is 5.92 Å². The Balaban J connectivity index is 0.00000400. The van der Waals surface area contributed by atoms with E-state index >= 15 is 0 Å². The largest absolute Gasteiger partial charge is 0.379 e. The molecular weight excluding hydrogens is 252 g/mol. The summed E-state index contributed by atoms with van der Waals surface area (Å²) < 4.78 is 11.5. The van der Waals surface area contributed by atoms with Gasteiger partial charge in [0.25, 0.3) is 0 Å². The van der Waals surface area contributed by atoms with Crippen LogP contribution in [0.2, 0.25) is 0 Å². The maximum absolute atomic E-state index is 5.77. The first-order valence-electron chi connectivity index (χ1n) is 8.26. The van der Waals surface area contributed by atoms with Gasteiger partial charge < -0.3 is 14.8 Å². The van der Waals surface area contributed by atoms with Gasteiger partial charge in [-0.15, -0.1) is 0 Å². The second kappa shape index (κ2) is 10.6. The van der Waals surface area contributed by atoms with Crippen LogP contribution in [0.15, 0.2) is 0 Å². The fourth-order valence-electron chi connectivity index (χ4n) is 2.45. The minimum atomic E-state index is 0. The number of rotatable bonds is 10. The minimum Gasteiger partial charge on any atom is -0.379 e. The van der Waals surface area contributed by atoms with E-state index in [0.717, 1.165) is 51.8 Å². The van der Waals surface area contributed by atoms with Crippen molar-refractivity contribution in [3.05, 3.63) is 0 Å². The molecule has 0 aromatic rings. The average molecular weight is 288 g/mol. The molecule has 0 aromatic carbocycles. The first-order valence-corrected chi connectivity index (χ1v) is 8.26. The quantitative estimate of drug-likeness (QED) is 0.626. The average Bonchev–Trinajstić information content (AvgIpc) is 2.42. The van der Waals surface area contributed by atoms with E-state index in [2.05, 4.69) is 37.9 Å². The van der Waals surface area contributed by atoms with Gasteiger partial charge in [-0.3, -0.25) is 4.90 Å². The zero-order chi connectivity index (χ0) is 14.8. The van der Waals surface area contributed by atoms with E-state index in [9.17, 15) is 0 Å². The Morgan fingerprint density at radius 3 is 2.90 bits per heavy atom. The molecule has 0 aliphatic carbocycles. The van der Waals surface area contributed by atoms with Crippen LogP contribution < -0.4 is 5.32 Å². The lowest BCUT2D eigenvalue weighted by atomic mass is 10.2. The second-order valence-electron chi connectivity index (χ2n) is 6.34. The number of morpholine rings is 1. The molecule has 1 aliphatic heterocycles. The molecule has 0 spiro atoms. The lowest BCUT2D eigenvalue weighted by Crippen LogP contribution is -2.45. The second-order valence-corrected chi connectivity index (χ2v) is 6.34. The monoisotopic (exact) mass is 288 g/mol. The van der Waals surface area contributed by atoms with Crippen molar-refractivity contribution < 1.29 is 10.9 Å². The van der Waals surface area contributed by atoms with Gasteiger partial charge in [0.15, 0.2) is 0 Å². The first kappa shape index (κ1) is 17.9. The van der Waals surface area contributed by atoms with Crippen molar-refractivity contribution in [3.63, 3.8) is 0 Å². The van der Waals surface area contributed by atoms with Crippen LogP contribution in [0.5, 0.6) is 0 Å². The predicted octanol–water partition coefficient (Wildman–Crippen LogP) is 2.38. The third-order valence-corrected chi connectivity index (χ3v) is 3.72. The van der Waals surface area contributed by atoms with Crippen LogP contribution in [0.4, 0.5) is 0 Å². The minimum absolute atomic E-state index is 0. The van der Waals surface area contributed by atoms with Gasteiger partial charge in [0.2, 0.25) is 0 Å². The lowest BCUT2D eigenvalue weighted by molar-refractivity contribution is -0.0712. The fraction of sp³-hybridized carbons (Fsp3) is 1.00. The number of hydrogen-bond acceptors (Lipinski definition) is 4. The van der Waals surface area contributed by atoms with Crippen LogP contribution in [-0.2, 0) is 9.47 Å². The molecule has 122 valence electrons. The molecule has 1 rings (SSSR count). The van der Waals surface area contributed by atoms with Crippen LogP contribution >= 0.6 is 0 Å². The molecule has 0 bridgehead atoms. The van der Waals surface area contributed by atoms with E-state index in [-0.39, 0.29) is 7.53 Å². The molecule has 4 nitrogen and oxygen atoms in total. The van der Waals surface area contributed by atoms with Gasteiger partial charge in [-0.1, -0.05) is 20.8 Å². The summed E-state index contributed by atoms with van der Waals surface area (Å²) in [5.74, 6) is 0.723. The van der Waals surface area contributed by atoms with Crippen LogP contribution in [0.25, 0.3) is 0 Å². The summed E-state index contributed by atoms with van der Waals surface area (Å²) in [5.41, 5.74) is 0. The van der Waals surface area contributed by atoms with Crippen LogP contribution in [0, 0.1) is 5.92 Å². The molecule has 0 radical (unpaired) electrons. The van der Waals surface area contributed by atoms with E-state index in [1.807, 2.05) is 0 Å². The van der Waals surface area contributed by atoms with Gasteiger partial charge in [0.05, 0.1) is 19.3 Å². The van der Waals surface area contributed by atoms with Crippen LogP contribution in [0.1, 0.15) is 42.0 Å². The molecule has 2 atom stereocenters. The number of hydrogen-bond donors (Lipinski definition) is 1. The van der Waals surface area contributed by atoms with Crippen molar-refractivity contribution in [2.75, 3.05) is 46.0 Å². The third kappa shape index (κ3) is 8.20. The summed E-state index contributed by atoms with van der Waals surface area (Å²) in [6.07, 6.45) is 2.51. The molecular formula is C16H36N2O2. The summed E-state index contributed by atoms with van der Waals surface area (Å²) >= 11 is 0. The maximum atomic E-state index is 5.77. The smallest absolute Gasteiger partial charge is 0.0935 e. The molecule has 1 fully saturated rings. The molecule has 20 heavy (non-hydrogen) atoms. The molecule has 0 amide bonds. The van der Waals surface area contributed by atoms with Crippen LogP contribution in [0.3, 0.4) is 0 Å². The molecule has 1 N–H and O–H groups in total. The Kier molecular flexibility index (Phi) is 9.44. The highest BCUT2D eigenvalue weighted by molar-refractivity contribution is 4.72. The van der Waals surface area contributed by atoms with E-state index in [0.29, 0.717) is 6.04 Å². The summed E-state index contributed by atoms with van der Waals surface area (Å²) in [6, 6.07) is 0.612. The van der Waals surface area contributed by atoms with Crippen LogP contribution in [-0.4, -0.2) is 63.0 Å². The summed E-state index contributed by atoms with van der Waals surface area (Å²) in [5, 5.41) is 3.48. The van der Waals surface area contributed by atoms with E-state index < -0.39 is 0 Å². The van der Waals surface area contributed by atoms with Crippen molar-refractivity contribution in [3.8, 4) is 0 Å². The van der Waals surface area contributed by atoms with E-state index in [4.69, 9.17) is 9.47 Å². The van der Waals surface area contributed by atoms with E-state index in [1.165, 1.54) is 13.0 Å². The Labute approximate surface area is 126 Å². The standard InChI is InChI=1S/C16H34N2O2.H2/c1-5-15(4)17-7-6-9-19-13-16-12-18(8-10-20-16)11-14(2)3;/h14-17H,5-13H2,1-4H3;1H/t15?,16-;/m0./s1. The van der Waals surface area contributed by atoms with Gasteiger partial charge in [-0.05, 0) is 32.2 Å². The Bertz CT molecular complexity index is 242. The van der Waals surface area contributed by atoms with Gasteiger partial charge >= 0.3 is 0 Å². The molecule has 1 heterocycles. The van der Waals surface area contributed by atoms with Crippen molar-refractivity contribution >= 4 is 0 Å². The topological polar surface area (TPSA) is 33.7 Å². The zero-order valence-electron chi connectivity index (χ0n) is 13.9. The van der Waals surface area contributed by atoms with Crippen molar-refractivity contribution in [1.82, 2.24) is 10.2 Å². The highest BCUT2D eigenvalue weighted by atomic mass is 16.5. The summed E-state index contributed by atoms with van der Waals surface area (Å²) in [6.45, 7) is 15.7. The zero-order valence-corrected chi connectivity index (χ0v) is 13.9. The molecule has 1 saturated heterocycles. The third-order valence-electron chi connectivity index (χ3n) is 3.72. The number of nitrogens with zero attached hydrogens (tertiary/aromatic N) is 1. The number of nitrogens with one attached hydrogen (secondary N) is 1. The molecule has 1 unspecified atom stereocenters. The first-order chi connectivity index (χ1) is 9.61. The molecule has 1 aliphatic rings. The normalized spacial score (nSPS) is 22.4. The Morgan fingerprint density at radius 2 is 2.20 bits per heavy atom. The van der Waals surface area contributed by atoms with Gasteiger partial charge in [0.1, 0.15) is 0 Å². The summed E-state index contributed by atoms with van der Waals surface area (Å²) in [4.78, 5) is 2.49. The number of ether oxygens (including phenoxy) is 2. The Morgan fingerprint density at radius 1 is 1.40 bits per heavy atom. The fourth-order valence-corrected chi connectivity index (χ4v) is 2.45. The Hall–Kier alpha value is -0.160. The lowest BCUT2D eigenvalue weighted by Gasteiger charge is -2.33. The molecule has 0 saturated carbocycles. The highest BCUT2D eigenvalue weighted by Gasteiger charge is 2.20. The SMILES string of the molecule is CCC(C)NCCCOC[C@@H]1CN(CC(C)C)CCO1.[HH]. The van der Waals surface area contributed by atoms with Gasteiger partial charge in [-0.2, -0.15) is 0 Å². The van der Waals surface area contributed by atoms with Gasteiger partial charge in [0, 0.05) is 33.7 Å². The maximum Gasteiger partial charge on any atom is 0.0935 e. The van der Waals surface area contributed by atoms with Crippen molar-refractivity contribution in [1.29, 1.82) is 0 Å².